The largest absolute Gasteiger partial charge is 0.381 e. The number of ether oxygens (including phenoxy) is 1. The Morgan fingerprint density at radius 2 is 2.39 bits per heavy atom. The van der Waals surface area contributed by atoms with E-state index in [4.69, 9.17) is 10.5 Å². The topological polar surface area (TPSA) is 64.3 Å². The molecule has 1 saturated heterocycles. The second-order valence-corrected chi connectivity index (χ2v) is 4.76. The van der Waals surface area contributed by atoms with Crippen LogP contribution in [0, 0.1) is 11.7 Å². The Morgan fingerprint density at radius 3 is 2.94 bits per heavy atom. The van der Waals surface area contributed by atoms with Gasteiger partial charge in [-0.1, -0.05) is 6.07 Å². The van der Waals surface area contributed by atoms with E-state index < -0.39 is 11.4 Å². The number of hydrogen-bond acceptors (Lipinski definition) is 3. The summed E-state index contributed by atoms with van der Waals surface area (Å²) in [4.78, 5) is 11.7. The number of hydrogen-bond donors (Lipinski definition) is 2. The zero-order valence-corrected chi connectivity index (χ0v) is 10.3. The Kier molecular flexibility index (Phi) is 3.52. The van der Waals surface area contributed by atoms with Crippen molar-refractivity contribution >= 4 is 11.6 Å². The molecule has 1 aromatic rings. The smallest absolute Gasteiger partial charge is 0.243 e. The molecule has 0 aromatic heterocycles. The van der Waals surface area contributed by atoms with E-state index in [9.17, 15) is 9.18 Å². The van der Waals surface area contributed by atoms with Crippen LogP contribution in [0.2, 0.25) is 0 Å². The SMILES string of the molecule is CC(Nc1cccc(F)c1)(C(N)=O)C1CCOC1. The summed E-state index contributed by atoms with van der Waals surface area (Å²) in [6, 6.07) is 5.99. The molecule has 0 radical (unpaired) electrons. The fourth-order valence-corrected chi connectivity index (χ4v) is 2.22. The molecule has 1 heterocycles. The zero-order chi connectivity index (χ0) is 13.2. The molecule has 2 rings (SSSR count). The molecule has 98 valence electrons. The minimum absolute atomic E-state index is 0.00160. The van der Waals surface area contributed by atoms with Crippen LogP contribution in [0.5, 0.6) is 0 Å². The Labute approximate surface area is 105 Å². The van der Waals surface area contributed by atoms with Crippen molar-refractivity contribution < 1.29 is 13.9 Å². The molecule has 0 bridgehead atoms. The third-order valence-electron chi connectivity index (χ3n) is 3.49. The molecule has 0 saturated carbocycles. The summed E-state index contributed by atoms with van der Waals surface area (Å²) in [6.45, 7) is 2.85. The highest BCUT2D eigenvalue weighted by atomic mass is 19.1. The second-order valence-electron chi connectivity index (χ2n) is 4.76. The first kappa shape index (κ1) is 12.8. The Bertz CT molecular complexity index is 446. The number of carbonyl (C=O) groups is 1. The van der Waals surface area contributed by atoms with Gasteiger partial charge in [-0.15, -0.1) is 0 Å². The van der Waals surface area contributed by atoms with Crippen LogP contribution in [0.25, 0.3) is 0 Å². The third-order valence-corrected chi connectivity index (χ3v) is 3.49. The maximum absolute atomic E-state index is 13.1. The monoisotopic (exact) mass is 252 g/mol. The molecule has 18 heavy (non-hydrogen) atoms. The number of carbonyl (C=O) groups excluding carboxylic acids is 1. The fraction of sp³-hybridized carbons (Fsp3) is 0.462. The maximum Gasteiger partial charge on any atom is 0.243 e. The van der Waals surface area contributed by atoms with E-state index in [-0.39, 0.29) is 11.7 Å². The lowest BCUT2D eigenvalue weighted by atomic mass is 9.84. The number of benzene rings is 1. The summed E-state index contributed by atoms with van der Waals surface area (Å²) in [6.07, 6.45) is 0.766. The summed E-state index contributed by atoms with van der Waals surface area (Å²) < 4.78 is 18.4. The number of nitrogens with two attached hydrogens (primary N) is 1. The van der Waals surface area contributed by atoms with Crippen LogP contribution in [-0.4, -0.2) is 24.7 Å². The molecule has 1 fully saturated rings. The van der Waals surface area contributed by atoms with Gasteiger partial charge in [-0.25, -0.2) is 4.39 Å². The van der Waals surface area contributed by atoms with E-state index >= 15 is 0 Å². The van der Waals surface area contributed by atoms with Crippen LogP contribution in [0.4, 0.5) is 10.1 Å². The molecule has 0 aliphatic carbocycles. The quantitative estimate of drug-likeness (QED) is 0.854. The fourth-order valence-electron chi connectivity index (χ4n) is 2.22. The molecule has 4 nitrogen and oxygen atoms in total. The van der Waals surface area contributed by atoms with Gasteiger partial charge in [0.2, 0.25) is 5.91 Å². The first-order chi connectivity index (χ1) is 8.52. The molecule has 1 aliphatic rings. The van der Waals surface area contributed by atoms with Gasteiger partial charge >= 0.3 is 0 Å². The number of primary amides is 1. The van der Waals surface area contributed by atoms with Gasteiger partial charge in [0.25, 0.3) is 0 Å². The van der Waals surface area contributed by atoms with Gasteiger partial charge in [0.1, 0.15) is 11.4 Å². The molecule has 1 aliphatic heterocycles. The van der Waals surface area contributed by atoms with Gasteiger partial charge in [-0.2, -0.15) is 0 Å². The first-order valence-corrected chi connectivity index (χ1v) is 5.94. The van der Waals surface area contributed by atoms with Crippen molar-refractivity contribution in [3.8, 4) is 0 Å². The van der Waals surface area contributed by atoms with E-state index in [2.05, 4.69) is 5.32 Å². The van der Waals surface area contributed by atoms with Crippen LogP contribution in [0.1, 0.15) is 13.3 Å². The van der Waals surface area contributed by atoms with Gasteiger partial charge in [0.05, 0.1) is 6.61 Å². The van der Waals surface area contributed by atoms with Gasteiger partial charge in [-0.3, -0.25) is 4.79 Å². The molecule has 1 amide bonds. The van der Waals surface area contributed by atoms with Crippen LogP contribution in [0.15, 0.2) is 24.3 Å². The van der Waals surface area contributed by atoms with Gasteiger partial charge in [0.15, 0.2) is 0 Å². The average Bonchev–Trinajstić information content (AvgIpc) is 2.82. The highest BCUT2D eigenvalue weighted by Gasteiger charge is 2.41. The number of anilines is 1. The minimum Gasteiger partial charge on any atom is -0.381 e. The van der Waals surface area contributed by atoms with Gasteiger partial charge in [-0.05, 0) is 31.5 Å². The lowest BCUT2D eigenvalue weighted by Crippen LogP contribution is -2.53. The number of halogens is 1. The number of amides is 1. The summed E-state index contributed by atoms with van der Waals surface area (Å²) in [5, 5.41) is 3.04. The Balaban J connectivity index is 2.22. The molecular formula is C13H17FN2O2. The summed E-state index contributed by atoms with van der Waals surface area (Å²) in [7, 11) is 0. The van der Waals surface area contributed by atoms with Crippen molar-refractivity contribution in [2.24, 2.45) is 11.7 Å². The van der Waals surface area contributed by atoms with Crippen molar-refractivity contribution in [3.63, 3.8) is 0 Å². The Hall–Kier alpha value is -1.62. The maximum atomic E-state index is 13.1. The van der Waals surface area contributed by atoms with Crippen LogP contribution >= 0.6 is 0 Å². The second kappa shape index (κ2) is 4.94. The number of nitrogens with one attached hydrogen (secondary N) is 1. The van der Waals surface area contributed by atoms with E-state index in [0.717, 1.165) is 6.42 Å². The predicted octanol–water partition coefficient (Wildman–Crippen LogP) is 1.52. The molecule has 3 N–H and O–H groups in total. The first-order valence-electron chi connectivity index (χ1n) is 5.94. The number of rotatable bonds is 4. The van der Waals surface area contributed by atoms with E-state index in [1.165, 1.54) is 12.1 Å². The van der Waals surface area contributed by atoms with E-state index in [1.807, 2.05) is 0 Å². The highest BCUT2D eigenvalue weighted by molar-refractivity contribution is 5.88. The summed E-state index contributed by atoms with van der Waals surface area (Å²) >= 11 is 0. The molecule has 5 heteroatoms. The van der Waals surface area contributed by atoms with Crippen molar-refractivity contribution in [1.29, 1.82) is 0 Å². The summed E-state index contributed by atoms with van der Waals surface area (Å²) in [5.41, 5.74) is 5.10. The van der Waals surface area contributed by atoms with Crippen molar-refractivity contribution in [2.45, 2.75) is 18.9 Å². The highest BCUT2D eigenvalue weighted by Crippen LogP contribution is 2.29. The van der Waals surface area contributed by atoms with Gasteiger partial charge in [0, 0.05) is 18.2 Å². The lowest BCUT2D eigenvalue weighted by Gasteiger charge is -2.33. The minimum atomic E-state index is -0.926. The van der Waals surface area contributed by atoms with Crippen LogP contribution in [0.3, 0.4) is 0 Å². The Morgan fingerprint density at radius 1 is 1.61 bits per heavy atom. The van der Waals surface area contributed by atoms with Gasteiger partial charge < -0.3 is 15.8 Å². The summed E-state index contributed by atoms with van der Waals surface area (Å²) in [5.74, 6) is -0.810. The van der Waals surface area contributed by atoms with E-state index in [0.29, 0.717) is 18.9 Å². The van der Waals surface area contributed by atoms with Crippen molar-refractivity contribution in [3.05, 3.63) is 30.1 Å². The van der Waals surface area contributed by atoms with E-state index in [1.54, 1.807) is 19.1 Å². The van der Waals surface area contributed by atoms with Crippen molar-refractivity contribution in [2.75, 3.05) is 18.5 Å². The standard InChI is InChI=1S/C13H17FN2O2/c1-13(12(15)17,9-5-6-18-8-9)16-11-4-2-3-10(14)7-11/h2-4,7,9,16H,5-6,8H2,1H3,(H2,15,17). The van der Waals surface area contributed by atoms with Crippen molar-refractivity contribution in [1.82, 2.24) is 0 Å². The van der Waals surface area contributed by atoms with Crippen LogP contribution < -0.4 is 11.1 Å². The normalized spacial score (nSPS) is 22.4. The average molecular weight is 252 g/mol. The molecule has 1 aromatic carbocycles. The molecular weight excluding hydrogens is 235 g/mol. The molecule has 0 spiro atoms. The van der Waals surface area contributed by atoms with Crippen LogP contribution in [-0.2, 0) is 9.53 Å². The predicted molar refractivity (Wildman–Crippen MR) is 66.5 cm³/mol. The molecule has 2 unspecified atom stereocenters. The third kappa shape index (κ3) is 2.46. The molecule has 2 atom stereocenters. The zero-order valence-electron chi connectivity index (χ0n) is 10.3. The lowest BCUT2D eigenvalue weighted by molar-refractivity contribution is -0.123.